The fourth-order valence-electron chi connectivity index (χ4n) is 2.87. The summed E-state index contributed by atoms with van der Waals surface area (Å²) in [6, 6.07) is 11.7. The number of sulfonamides is 1. The third-order valence-corrected chi connectivity index (χ3v) is 5.81. The summed E-state index contributed by atoms with van der Waals surface area (Å²) < 4.78 is 61.8. The van der Waals surface area contributed by atoms with E-state index in [0.717, 1.165) is 12.1 Å². The quantitative estimate of drug-likeness (QED) is 0.470. The maximum atomic E-state index is 12.2. The zero-order valence-electron chi connectivity index (χ0n) is 16.6. The molecule has 170 valence electrons. The molecule has 3 aromatic rings. The lowest BCUT2D eigenvalue weighted by atomic mass is 10.2. The second kappa shape index (κ2) is 9.49. The lowest BCUT2D eigenvalue weighted by molar-refractivity contribution is -0.121. The Labute approximate surface area is 180 Å². The molecular weight excluding hydrogens is 449 g/mol. The Morgan fingerprint density at radius 2 is 1.75 bits per heavy atom. The van der Waals surface area contributed by atoms with E-state index in [1.807, 2.05) is 0 Å². The van der Waals surface area contributed by atoms with Gasteiger partial charge in [-0.1, -0.05) is 12.1 Å². The van der Waals surface area contributed by atoms with Crippen LogP contribution in [-0.2, 0) is 21.2 Å². The van der Waals surface area contributed by atoms with Crippen molar-refractivity contribution in [2.24, 2.45) is 0 Å². The molecule has 8 nitrogen and oxygen atoms in total. The van der Waals surface area contributed by atoms with Gasteiger partial charge in [0.15, 0.2) is 0 Å². The topological polar surface area (TPSA) is 121 Å². The largest absolute Gasteiger partial charge is 0.402 e. The maximum absolute atomic E-state index is 12.2. The van der Waals surface area contributed by atoms with Crippen molar-refractivity contribution in [3.8, 4) is 0 Å². The van der Waals surface area contributed by atoms with Gasteiger partial charge in [0.2, 0.25) is 15.9 Å². The van der Waals surface area contributed by atoms with E-state index in [1.165, 1.54) is 16.9 Å². The number of aryl methyl sites for hydroxylation is 1. The third-order valence-electron chi connectivity index (χ3n) is 4.39. The smallest absolute Gasteiger partial charge is 0.326 e. The molecule has 0 unspecified atom stereocenters. The number of hydrogen-bond acceptors (Lipinski definition) is 5. The Morgan fingerprint density at radius 3 is 2.44 bits per heavy atom. The van der Waals surface area contributed by atoms with Gasteiger partial charge in [0, 0.05) is 18.5 Å². The Morgan fingerprint density at radius 1 is 1.06 bits per heavy atom. The van der Waals surface area contributed by atoms with Gasteiger partial charge in [-0.2, -0.15) is 13.2 Å². The average Bonchev–Trinajstić information content (AvgIpc) is 2.72. The molecule has 12 heteroatoms. The number of para-hydroxylation sites is 1. The molecule has 3 rings (SSSR count). The predicted molar refractivity (Wildman–Crippen MR) is 112 cm³/mol. The van der Waals surface area contributed by atoms with Gasteiger partial charge in [0.05, 0.1) is 15.8 Å². The van der Waals surface area contributed by atoms with Crippen molar-refractivity contribution >= 4 is 32.5 Å². The van der Waals surface area contributed by atoms with E-state index >= 15 is 0 Å². The van der Waals surface area contributed by atoms with Crippen molar-refractivity contribution in [2.75, 3.05) is 11.9 Å². The van der Waals surface area contributed by atoms with E-state index in [1.54, 1.807) is 24.3 Å². The Kier molecular flexibility index (Phi) is 6.94. The molecule has 1 amide bonds. The van der Waals surface area contributed by atoms with E-state index in [4.69, 9.17) is 0 Å². The van der Waals surface area contributed by atoms with Crippen LogP contribution in [0, 0.1) is 0 Å². The molecule has 0 atom stereocenters. The summed E-state index contributed by atoms with van der Waals surface area (Å²) >= 11 is 0. The van der Waals surface area contributed by atoms with Crippen molar-refractivity contribution in [2.45, 2.75) is 30.3 Å². The number of fused-ring (bicyclic) bond motifs is 1. The summed E-state index contributed by atoms with van der Waals surface area (Å²) in [7, 11) is -4.32. The van der Waals surface area contributed by atoms with Crippen LogP contribution in [0.15, 0.2) is 58.2 Å². The standard InChI is InChI=1S/C20H19F3N4O4S/c21-20(22,23)12-24-32(30,31)14-10-8-13(9-11-14)25-18(28)7-3-6-17-26-16-5-2-1-4-15(16)19(29)27-17/h1-2,4-5,8-11,24H,3,6-7,12H2,(H,25,28)(H,26,27,29). The summed E-state index contributed by atoms with van der Waals surface area (Å²) in [5, 5.41) is 3.06. The number of benzene rings is 2. The van der Waals surface area contributed by atoms with Gasteiger partial charge >= 0.3 is 6.18 Å². The lowest BCUT2D eigenvalue weighted by Gasteiger charge is -2.10. The fourth-order valence-corrected chi connectivity index (χ4v) is 3.89. The summed E-state index contributed by atoms with van der Waals surface area (Å²) in [6.45, 7) is -1.68. The predicted octanol–water partition coefficient (Wildman–Crippen LogP) is 2.73. The lowest BCUT2D eigenvalue weighted by Crippen LogP contribution is -2.33. The van der Waals surface area contributed by atoms with Crippen molar-refractivity contribution in [1.29, 1.82) is 0 Å². The van der Waals surface area contributed by atoms with Crippen LogP contribution in [0.1, 0.15) is 18.7 Å². The Hall–Kier alpha value is -3.25. The molecule has 0 saturated heterocycles. The van der Waals surface area contributed by atoms with Crippen LogP contribution in [0.2, 0.25) is 0 Å². The van der Waals surface area contributed by atoms with Gasteiger partial charge in [-0.25, -0.2) is 18.1 Å². The first-order valence-corrected chi connectivity index (χ1v) is 11.0. The van der Waals surface area contributed by atoms with Crippen LogP contribution < -0.4 is 15.6 Å². The molecule has 0 aliphatic rings. The molecule has 0 aliphatic carbocycles. The fraction of sp³-hybridized carbons (Fsp3) is 0.250. The molecule has 0 saturated carbocycles. The third kappa shape index (κ3) is 6.37. The highest BCUT2D eigenvalue weighted by Crippen LogP contribution is 2.17. The summed E-state index contributed by atoms with van der Waals surface area (Å²) in [5.74, 6) is 0.112. The van der Waals surface area contributed by atoms with Gasteiger partial charge in [-0.3, -0.25) is 9.59 Å². The number of rotatable bonds is 8. The number of aromatic nitrogens is 2. The van der Waals surface area contributed by atoms with Crippen molar-refractivity contribution in [3.63, 3.8) is 0 Å². The number of alkyl halides is 3. The first-order valence-electron chi connectivity index (χ1n) is 9.48. The zero-order chi connectivity index (χ0) is 23.4. The van der Waals surface area contributed by atoms with Crippen LogP contribution in [0.25, 0.3) is 10.9 Å². The van der Waals surface area contributed by atoms with Crippen LogP contribution in [-0.4, -0.2) is 37.0 Å². The number of carbonyl (C=O) groups excluding carboxylic acids is 1. The molecule has 0 bridgehead atoms. The minimum absolute atomic E-state index is 0.115. The Bertz CT molecular complexity index is 1270. The number of amides is 1. The van der Waals surface area contributed by atoms with Crippen molar-refractivity contribution < 1.29 is 26.4 Å². The van der Waals surface area contributed by atoms with Crippen molar-refractivity contribution in [3.05, 3.63) is 64.7 Å². The molecule has 0 aliphatic heterocycles. The number of H-pyrrole nitrogens is 1. The number of halogens is 3. The normalized spacial score (nSPS) is 12.1. The van der Waals surface area contributed by atoms with Crippen LogP contribution in [0.3, 0.4) is 0 Å². The number of nitrogens with one attached hydrogen (secondary N) is 3. The molecule has 3 N–H and O–H groups in total. The van der Waals surface area contributed by atoms with E-state index < -0.39 is 22.7 Å². The van der Waals surface area contributed by atoms with E-state index in [-0.39, 0.29) is 22.8 Å². The van der Waals surface area contributed by atoms with Crippen molar-refractivity contribution in [1.82, 2.24) is 14.7 Å². The van der Waals surface area contributed by atoms with E-state index in [0.29, 0.717) is 35.3 Å². The molecule has 32 heavy (non-hydrogen) atoms. The first-order chi connectivity index (χ1) is 15.0. The molecule has 0 spiro atoms. The number of anilines is 1. The minimum atomic E-state index is -4.67. The van der Waals surface area contributed by atoms with Gasteiger partial charge in [0.25, 0.3) is 5.56 Å². The monoisotopic (exact) mass is 468 g/mol. The highest BCUT2D eigenvalue weighted by molar-refractivity contribution is 7.89. The summed E-state index contributed by atoms with van der Waals surface area (Å²) in [4.78, 5) is 30.9. The molecule has 2 aromatic carbocycles. The van der Waals surface area contributed by atoms with Gasteiger partial charge < -0.3 is 10.3 Å². The summed E-state index contributed by atoms with van der Waals surface area (Å²) in [5.41, 5.74) is 0.604. The maximum Gasteiger partial charge on any atom is 0.402 e. The molecule has 0 radical (unpaired) electrons. The Balaban J connectivity index is 1.52. The van der Waals surface area contributed by atoms with Crippen LogP contribution >= 0.6 is 0 Å². The van der Waals surface area contributed by atoms with Gasteiger partial charge in [-0.15, -0.1) is 0 Å². The van der Waals surface area contributed by atoms with E-state index in [2.05, 4.69) is 15.3 Å². The molecular formula is C20H19F3N4O4S. The van der Waals surface area contributed by atoms with Crippen LogP contribution in [0.5, 0.6) is 0 Å². The second-order valence-electron chi connectivity index (χ2n) is 6.90. The zero-order valence-corrected chi connectivity index (χ0v) is 17.4. The number of nitrogens with zero attached hydrogens (tertiary/aromatic N) is 1. The average molecular weight is 468 g/mol. The highest BCUT2D eigenvalue weighted by Gasteiger charge is 2.30. The molecule has 1 aromatic heterocycles. The number of hydrogen-bond donors (Lipinski definition) is 3. The molecule has 0 fully saturated rings. The first kappa shape index (κ1) is 23.4. The van der Waals surface area contributed by atoms with Gasteiger partial charge in [0.1, 0.15) is 12.4 Å². The van der Waals surface area contributed by atoms with Crippen LogP contribution in [0.4, 0.5) is 18.9 Å². The molecule has 1 heterocycles. The summed E-state index contributed by atoms with van der Waals surface area (Å²) in [6.07, 6.45) is -3.78. The second-order valence-corrected chi connectivity index (χ2v) is 8.66. The number of aromatic amines is 1. The SMILES string of the molecule is O=C(CCCc1nc2ccccc2c(=O)[nH]1)Nc1ccc(S(=O)(=O)NCC(F)(F)F)cc1. The minimum Gasteiger partial charge on any atom is -0.326 e. The van der Waals surface area contributed by atoms with Gasteiger partial charge in [-0.05, 0) is 42.8 Å². The highest BCUT2D eigenvalue weighted by atomic mass is 32.2. The van der Waals surface area contributed by atoms with E-state index in [9.17, 15) is 31.2 Å². The number of carbonyl (C=O) groups is 1.